The zero-order chi connectivity index (χ0) is 43.6. The fourth-order valence-corrected chi connectivity index (χ4v) is 9.21. The van der Waals surface area contributed by atoms with Crippen molar-refractivity contribution in [1.29, 1.82) is 0 Å². The number of hydrogen-bond acceptors (Lipinski definition) is 27. The van der Waals surface area contributed by atoms with Crippen LogP contribution in [0.25, 0.3) is 0 Å². The van der Waals surface area contributed by atoms with Gasteiger partial charge in [0.15, 0.2) is 37.4 Å². The summed E-state index contributed by atoms with van der Waals surface area (Å²) in [6.45, 7) is -3.26. The van der Waals surface area contributed by atoms with E-state index < -0.39 is 191 Å². The molecular formula is C24H38O31S4. The highest BCUT2D eigenvalue weighted by molar-refractivity contribution is 7.81. The topological polar surface area (TPSA) is 459 Å². The summed E-state index contributed by atoms with van der Waals surface area (Å²) in [5.74, 6) is 0. The summed E-state index contributed by atoms with van der Waals surface area (Å²) in [6.07, 6.45) is -39.1. The number of ether oxygens (including phenoxy) is 9. The number of hydrogen-bond donors (Lipinski definition) is 10. The molecule has 31 nitrogen and oxygen atoms in total. The van der Waals surface area contributed by atoms with Crippen LogP contribution in [0.5, 0.6) is 0 Å². The third-order valence-electron chi connectivity index (χ3n) is 9.53. The molecule has 0 amide bonds. The largest absolute Gasteiger partial charge is 0.397 e. The highest BCUT2D eigenvalue weighted by Gasteiger charge is 2.61. The zero-order valence-electron chi connectivity index (χ0n) is 29.1. The molecule has 0 aromatic heterocycles. The molecule has 0 aliphatic carbocycles. The minimum absolute atomic E-state index is 0.406. The molecular weight excluding hydrogens is 913 g/mol. The Morgan fingerprint density at radius 1 is 0.441 bits per heavy atom. The van der Waals surface area contributed by atoms with Gasteiger partial charge in [0.05, 0.1) is 26.4 Å². The molecule has 0 aromatic rings. The van der Waals surface area contributed by atoms with Crippen molar-refractivity contribution >= 4 is 41.6 Å². The van der Waals surface area contributed by atoms with E-state index in [1.54, 1.807) is 0 Å². The summed E-state index contributed by atoms with van der Waals surface area (Å²) in [5.41, 5.74) is 0. The van der Waals surface area contributed by atoms with Crippen LogP contribution in [0.15, 0.2) is 0 Å². The summed E-state index contributed by atoms with van der Waals surface area (Å²) in [5, 5.41) is 62.8. The molecule has 59 heavy (non-hydrogen) atoms. The average Bonchev–Trinajstić information content (AvgIpc) is 3.57. The first-order valence-corrected chi connectivity index (χ1v) is 22.1. The number of aliphatic hydroxyl groups excluding tert-OH is 6. The van der Waals surface area contributed by atoms with Crippen molar-refractivity contribution in [1.82, 2.24) is 0 Å². The van der Waals surface area contributed by atoms with E-state index in [1.165, 1.54) is 0 Å². The van der Waals surface area contributed by atoms with Crippen molar-refractivity contribution in [2.24, 2.45) is 0 Å². The Labute approximate surface area is 332 Å². The summed E-state index contributed by atoms with van der Waals surface area (Å²) >= 11 is 0. The monoisotopic (exact) mass is 950 g/mol. The molecule has 0 spiro atoms. The van der Waals surface area contributed by atoms with Gasteiger partial charge in [-0.05, 0) is 0 Å². The lowest BCUT2D eigenvalue weighted by Crippen LogP contribution is -2.66. The van der Waals surface area contributed by atoms with E-state index in [-0.39, 0.29) is 0 Å². The van der Waals surface area contributed by atoms with Gasteiger partial charge in [0.2, 0.25) is 0 Å². The van der Waals surface area contributed by atoms with Crippen molar-refractivity contribution in [2.75, 3.05) is 26.4 Å². The fourth-order valence-electron chi connectivity index (χ4n) is 7.21. The van der Waals surface area contributed by atoms with Crippen molar-refractivity contribution in [2.45, 2.75) is 123 Å². The van der Waals surface area contributed by atoms with E-state index in [9.17, 15) is 78.0 Å². The maximum Gasteiger partial charge on any atom is 0.397 e. The lowest BCUT2D eigenvalue weighted by atomic mass is 9.96. The number of fused-ring (bicyclic) bond motifs is 4. The van der Waals surface area contributed by atoms with Crippen LogP contribution in [-0.2, 0) is 101 Å². The standard InChI is InChI=1S/C24H38O31S4/c25-1-5-12(52-56(31,32)33)9(27)10(28)22(46-5)49-14-8-4-44-18(14)20(55-59(40,41)42)24(48-8)51-16-11(29)23(47-6(2-26)15(16)53-57(34,35)36)50-13-7-3-43-17(13)19(21(30)45-7)54-58(37,38)39/h5-30H,1-4H2,(H,31,32,33)(H,34,35,36)(H,37,38,39)(H,40,41,42). The molecule has 6 aliphatic heterocycles. The second-order valence-electron chi connectivity index (χ2n) is 13.4. The highest BCUT2D eigenvalue weighted by Crippen LogP contribution is 2.41. The zero-order valence-corrected chi connectivity index (χ0v) is 32.3. The molecule has 4 bridgehead atoms. The first kappa shape index (κ1) is 47.4. The normalized spacial score (nSPS) is 45.7. The molecule has 344 valence electrons. The lowest BCUT2D eigenvalue weighted by Gasteiger charge is -2.48. The molecule has 0 saturated carbocycles. The van der Waals surface area contributed by atoms with Crippen molar-refractivity contribution in [3.8, 4) is 0 Å². The van der Waals surface area contributed by atoms with Gasteiger partial charge in [-0.1, -0.05) is 0 Å². The molecule has 20 atom stereocenters. The van der Waals surface area contributed by atoms with Crippen LogP contribution >= 0.6 is 0 Å². The minimum atomic E-state index is -5.55. The van der Waals surface area contributed by atoms with E-state index in [0.717, 1.165) is 0 Å². The molecule has 6 heterocycles. The molecule has 6 aliphatic rings. The Balaban J connectivity index is 1.26. The molecule has 6 fully saturated rings. The minimum Gasteiger partial charge on any atom is -0.394 e. The van der Waals surface area contributed by atoms with Crippen LogP contribution in [0.2, 0.25) is 0 Å². The maximum absolute atomic E-state index is 12.1. The third kappa shape index (κ3) is 11.0. The molecule has 6 saturated heterocycles. The number of rotatable bonds is 16. The fraction of sp³-hybridized carbons (Fsp3) is 1.00. The first-order valence-electron chi connectivity index (χ1n) is 16.7. The van der Waals surface area contributed by atoms with E-state index in [0.29, 0.717) is 0 Å². The second-order valence-corrected chi connectivity index (χ2v) is 17.6. The van der Waals surface area contributed by atoms with Crippen LogP contribution in [0, 0.1) is 0 Å². The number of aliphatic hydroxyl groups is 6. The van der Waals surface area contributed by atoms with Crippen molar-refractivity contribution < 1.29 is 142 Å². The van der Waals surface area contributed by atoms with Gasteiger partial charge in [-0.25, -0.2) is 16.7 Å². The van der Waals surface area contributed by atoms with Crippen LogP contribution in [-0.4, -0.2) is 232 Å². The van der Waals surface area contributed by atoms with Gasteiger partial charge in [-0.15, -0.1) is 0 Å². The van der Waals surface area contributed by atoms with E-state index in [1.807, 2.05) is 0 Å². The van der Waals surface area contributed by atoms with Crippen LogP contribution in [0.1, 0.15) is 0 Å². The molecule has 35 heteroatoms. The summed E-state index contributed by atoms with van der Waals surface area (Å²) in [7, 11) is -21.6. The molecule has 0 aromatic carbocycles. The lowest BCUT2D eigenvalue weighted by molar-refractivity contribution is -0.367. The van der Waals surface area contributed by atoms with Crippen LogP contribution in [0.3, 0.4) is 0 Å². The van der Waals surface area contributed by atoms with Gasteiger partial charge in [-0.2, -0.15) is 33.7 Å². The summed E-state index contributed by atoms with van der Waals surface area (Å²) in [6, 6.07) is 0. The smallest absolute Gasteiger partial charge is 0.394 e. The Hall–Kier alpha value is -1.12. The molecule has 20 unspecified atom stereocenters. The predicted octanol–water partition coefficient (Wildman–Crippen LogP) is -8.35. The van der Waals surface area contributed by atoms with Crippen LogP contribution in [0.4, 0.5) is 0 Å². The Morgan fingerprint density at radius 2 is 0.847 bits per heavy atom. The Kier molecular flexibility index (Phi) is 14.3. The van der Waals surface area contributed by atoms with E-state index >= 15 is 0 Å². The summed E-state index contributed by atoms with van der Waals surface area (Å²) < 4.78 is 199. The predicted molar refractivity (Wildman–Crippen MR) is 169 cm³/mol. The van der Waals surface area contributed by atoms with Gasteiger partial charge in [0.25, 0.3) is 0 Å². The quantitative estimate of drug-likeness (QED) is 0.0642. The van der Waals surface area contributed by atoms with Crippen molar-refractivity contribution in [3.63, 3.8) is 0 Å². The van der Waals surface area contributed by atoms with Gasteiger partial charge < -0.3 is 73.3 Å². The van der Waals surface area contributed by atoms with Crippen molar-refractivity contribution in [3.05, 3.63) is 0 Å². The van der Waals surface area contributed by atoms with Gasteiger partial charge in [-0.3, -0.25) is 18.2 Å². The molecule has 10 N–H and O–H groups in total. The van der Waals surface area contributed by atoms with E-state index in [2.05, 4.69) is 12.5 Å². The average molecular weight is 951 g/mol. The third-order valence-corrected chi connectivity index (χ3v) is 11.4. The first-order chi connectivity index (χ1) is 27.3. The van der Waals surface area contributed by atoms with E-state index in [4.69, 9.17) is 51.4 Å². The molecule has 6 rings (SSSR count). The Bertz CT molecular complexity index is 1910. The second kappa shape index (κ2) is 17.8. The van der Waals surface area contributed by atoms with Gasteiger partial charge in [0.1, 0.15) is 85.5 Å². The highest BCUT2D eigenvalue weighted by atomic mass is 32.3. The van der Waals surface area contributed by atoms with Gasteiger partial charge in [0, 0.05) is 0 Å². The molecule has 0 radical (unpaired) electrons. The Morgan fingerprint density at radius 3 is 1.36 bits per heavy atom. The summed E-state index contributed by atoms with van der Waals surface area (Å²) in [4.78, 5) is 0. The van der Waals surface area contributed by atoms with Gasteiger partial charge >= 0.3 is 41.6 Å². The maximum atomic E-state index is 12.1. The van der Waals surface area contributed by atoms with Crippen LogP contribution < -0.4 is 0 Å². The SMILES string of the molecule is O=S(=O)(O)OC1C(CO)OC(OC2C3COC2C(OS(=O)(=O)O)C(OC2C(O)C(OC4C5COC4C(OS(=O)(=O)O)C(O)O5)OC(CO)C2OS(=O)(=O)O)O3)C(O)C1O.